The van der Waals surface area contributed by atoms with Gasteiger partial charge in [0.1, 0.15) is 0 Å². The first-order valence-corrected chi connectivity index (χ1v) is 6.93. The molecular formula is C14H22N2O. The van der Waals surface area contributed by atoms with Gasteiger partial charge in [-0.25, -0.2) is 0 Å². The van der Waals surface area contributed by atoms with E-state index in [1.165, 1.54) is 12.8 Å². The highest BCUT2D eigenvalue weighted by Gasteiger charge is 2.44. The molecule has 0 aromatic heterocycles. The molecule has 0 saturated carbocycles. The van der Waals surface area contributed by atoms with E-state index in [2.05, 4.69) is 16.8 Å². The summed E-state index contributed by atoms with van der Waals surface area (Å²) in [6, 6.07) is 1.07. The zero-order valence-corrected chi connectivity index (χ0v) is 10.4. The molecule has 3 nitrogen and oxygen atoms in total. The first-order valence-electron chi connectivity index (χ1n) is 6.93. The van der Waals surface area contributed by atoms with Crippen LogP contribution >= 0.6 is 0 Å². The topological polar surface area (TPSA) is 32.3 Å². The lowest BCUT2D eigenvalue weighted by atomic mass is 9.73. The van der Waals surface area contributed by atoms with E-state index in [-0.39, 0.29) is 0 Å². The molecule has 4 atom stereocenters. The molecule has 3 heteroatoms. The Morgan fingerprint density at radius 3 is 3.18 bits per heavy atom. The molecule has 3 fully saturated rings. The summed E-state index contributed by atoms with van der Waals surface area (Å²) >= 11 is 0. The summed E-state index contributed by atoms with van der Waals surface area (Å²) in [5.74, 6) is 1.74. The second-order valence-electron chi connectivity index (χ2n) is 5.80. The first-order chi connectivity index (χ1) is 8.29. The number of hydrogen-bond donors (Lipinski definition) is 1. The minimum atomic E-state index is 0.398. The molecule has 1 amide bonds. The van der Waals surface area contributed by atoms with Crippen molar-refractivity contribution in [3.8, 4) is 0 Å². The zero-order valence-electron chi connectivity index (χ0n) is 10.4. The highest BCUT2D eigenvalue weighted by molar-refractivity contribution is 5.77. The van der Waals surface area contributed by atoms with Crippen LogP contribution in [0, 0.1) is 11.8 Å². The number of piperidine rings is 3. The predicted octanol–water partition coefficient (Wildman–Crippen LogP) is 1.55. The Kier molecular flexibility index (Phi) is 2.95. The smallest absolute Gasteiger partial charge is 0.222 e. The number of carbonyl (C=O) groups is 1. The van der Waals surface area contributed by atoms with E-state index in [1.54, 1.807) is 0 Å². The van der Waals surface area contributed by atoms with Crippen molar-refractivity contribution < 1.29 is 4.79 Å². The molecule has 3 heterocycles. The molecule has 0 radical (unpaired) electrons. The van der Waals surface area contributed by atoms with Crippen LogP contribution in [0.25, 0.3) is 0 Å². The number of amides is 1. The normalized spacial score (nSPS) is 40.9. The molecule has 2 bridgehead atoms. The second-order valence-corrected chi connectivity index (χ2v) is 5.80. The van der Waals surface area contributed by atoms with Crippen LogP contribution in [0.15, 0.2) is 12.7 Å². The largest absolute Gasteiger partial charge is 0.339 e. The Balaban J connectivity index is 1.77. The van der Waals surface area contributed by atoms with Gasteiger partial charge in [0.15, 0.2) is 0 Å². The number of nitrogens with one attached hydrogen (secondary N) is 1. The fourth-order valence-electron chi connectivity index (χ4n) is 3.98. The summed E-state index contributed by atoms with van der Waals surface area (Å²) < 4.78 is 0. The average molecular weight is 234 g/mol. The molecule has 0 aromatic carbocycles. The van der Waals surface area contributed by atoms with Crippen LogP contribution in [0.5, 0.6) is 0 Å². The van der Waals surface area contributed by atoms with Crippen molar-refractivity contribution in [2.75, 3.05) is 13.1 Å². The number of carbonyl (C=O) groups excluding carboxylic acids is 1. The molecule has 3 saturated heterocycles. The summed E-state index contributed by atoms with van der Waals surface area (Å²) in [5.41, 5.74) is 0. The van der Waals surface area contributed by atoms with Crippen LogP contribution in [0.4, 0.5) is 0 Å². The van der Waals surface area contributed by atoms with Crippen LogP contribution in [0.2, 0.25) is 0 Å². The van der Waals surface area contributed by atoms with Gasteiger partial charge >= 0.3 is 0 Å². The van der Waals surface area contributed by atoms with Gasteiger partial charge in [-0.3, -0.25) is 4.79 Å². The Hall–Kier alpha value is -0.830. The second kappa shape index (κ2) is 4.45. The maximum atomic E-state index is 12.0. The minimum absolute atomic E-state index is 0.398. The van der Waals surface area contributed by atoms with Gasteiger partial charge in [-0.15, -0.1) is 6.58 Å². The predicted molar refractivity (Wildman–Crippen MR) is 67.6 cm³/mol. The fourth-order valence-corrected chi connectivity index (χ4v) is 3.98. The van der Waals surface area contributed by atoms with Gasteiger partial charge in [-0.1, -0.05) is 6.08 Å². The van der Waals surface area contributed by atoms with Crippen molar-refractivity contribution in [1.82, 2.24) is 10.2 Å². The highest BCUT2D eigenvalue weighted by atomic mass is 16.2. The van der Waals surface area contributed by atoms with E-state index in [9.17, 15) is 4.79 Å². The van der Waals surface area contributed by atoms with Crippen molar-refractivity contribution in [1.29, 1.82) is 0 Å². The molecule has 0 spiro atoms. The SMILES string of the molecule is C=CCC1NC[C@@H]2C[C@@H]1CN1C(=O)CCC[C@H]21. The molecule has 3 aliphatic rings. The number of nitrogens with zero attached hydrogens (tertiary/aromatic N) is 1. The number of rotatable bonds is 2. The molecule has 1 unspecified atom stereocenters. The van der Waals surface area contributed by atoms with E-state index in [0.29, 0.717) is 29.8 Å². The first kappa shape index (κ1) is 11.3. The Bertz CT molecular complexity index is 328. The maximum Gasteiger partial charge on any atom is 0.222 e. The van der Waals surface area contributed by atoms with Crippen LogP contribution in [0.1, 0.15) is 32.1 Å². The van der Waals surface area contributed by atoms with Crippen molar-refractivity contribution in [2.24, 2.45) is 11.8 Å². The third-order valence-electron chi connectivity index (χ3n) is 4.82. The minimum Gasteiger partial charge on any atom is -0.339 e. The molecular weight excluding hydrogens is 212 g/mol. The zero-order chi connectivity index (χ0) is 11.8. The van der Waals surface area contributed by atoms with Gasteiger partial charge in [-0.05, 0) is 37.5 Å². The third-order valence-corrected chi connectivity index (χ3v) is 4.82. The van der Waals surface area contributed by atoms with Crippen molar-refractivity contribution >= 4 is 5.91 Å². The van der Waals surface area contributed by atoms with Crippen LogP contribution in [0.3, 0.4) is 0 Å². The van der Waals surface area contributed by atoms with E-state index >= 15 is 0 Å². The summed E-state index contributed by atoms with van der Waals surface area (Å²) in [6.07, 6.45) is 7.43. The summed E-state index contributed by atoms with van der Waals surface area (Å²) in [5, 5.41) is 3.66. The molecule has 1 N–H and O–H groups in total. The molecule has 3 rings (SSSR count). The van der Waals surface area contributed by atoms with Crippen molar-refractivity contribution in [2.45, 2.75) is 44.2 Å². The maximum absolute atomic E-state index is 12.0. The van der Waals surface area contributed by atoms with E-state index in [0.717, 1.165) is 32.4 Å². The molecule has 0 aromatic rings. The third kappa shape index (κ3) is 1.90. The molecule has 94 valence electrons. The standard InChI is InChI=1S/C14H22N2O/c1-2-4-12-11-7-10(8-15-12)13-5-3-6-14(17)16(13)9-11/h2,10-13,15H,1,3-9H2/t10-,11+,12?,13+/m0/s1. The van der Waals surface area contributed by atoms with Crippen molar-refractivity contribution in [3.63, 3.8) is 0 Å². The Morgan fingerprint density at radius 1 is 1.47 bits per heavy atom. The van der Waals surface area contributed by atoms with Gasteiger partial charge in [0.05, 0.1) is 0 Å². The van der Waals surface area contributed by atoms with Gasteiger partial charge < -0.3 is 10.2 Å². The van der Waals surface area contributed by atoms with Crippen LogP contribution in [-0.2, 0) is 4.79 Å². The quantitative estimate of drug-likeness (QED) is 0.735. The van der Waals surface area contributed by atoms with Crippen LogP contribution < -0.4 is 5.32 Å². The molecule has 3 aliphatic heterocycles. The molecule has 17 heavy (non-hydrogen) atoms. The average Bonchev–Trinajstić information content (AvgIpc) is 2.34. The summed E-state index contributed by atoms with van der Waals surface area (Å²) in [4.78, 5) is 14.2. The van der Waals surface area contributed by atoms with E-state index in [1.807, 2.05) is 6.08 Å². The highest BCUT2D eigenvalue weighted by Crippen LogP contribution is 2.38. The van der Waals surface area contributed by atoms with Crippen molar-refractivity contribution in [3.05, 3.63) is 12.7 Å². The molecule has 0 aliphatic carbocycles. The lowest BCUT2D eigenvalue weighted by Gasteiger charge is -2.52. The van der Waals surface area contributed by atoms with Gasteiger partial charge in [0, 0.05) is 31.6 Å². The van der Waals surface area contributed by atoms with Gasteiger partial charge in [-0.2, -0.15) is 0 Å². The van der Waals surface area contributed by atoms with Gasteiger partial charge in [0.25, 0.3) is 0 Å². The van der Waals surface area contributed by atoms with Gasteiger partial charge in [0.2, 0.25) is 5.91 Å². The Labute approximate surface area is 103 Å². The van der Waals surface area contributed by atoms with E-state index in [4.69, 9.17) is 0 Å². The lowest BCUT2D eigenvalue weighted by molar-refractivity contribution is -0.143. The Morgan fingerprint density at radius 2 is 2.35 bits per heavy atom. The van der Waals surface area contributed by atoms with E-state index < -0.39 is 0 Å². The number of fused-ring (bicyclic) bond motifs is 4. The number of hydrogen-bond acceptors (Lipinski definition) is 2. The van der Waals surface area contributed by atoms with Crippen LogP contribution in [-0.4, -0.2) is 36.0 Å². The summed E-state index contributed by atoms with van der Waals surface area (Å²) in [7, 11) is 0. The lowest BCUT2D eigenvalue weighted by Crippen LogP contribution is -2.62. The monoisotopic (exact) mass is 234 g/mol. The summed E-state index contributed by atoms with van der Waals surface area (Å²) in [6.45, 7) is 5.90. The fraction of sp³-hybridized carbons (Fsp3) is 0.786.